The predicted molar refractivity (Wildman–Crippen MR) is 124 cm³/mol. The van der Waals surface area contributed by atoms with Gasteiger partial charge in [-0.1, -0.05) is 19.1 Å². The normalized spacial score (nSPS) is 26.0. The summed E-state index contributed by atoms with van der Waals surface area (Å²) in [5.41, 5.74) is 4.95. The van der Waals surface area contributed by atoms with Gasteiger partial charge in [-0.25, -0.2) is 0 Å². The van der Waals surface area contributed by atoms with Crippen LogP contribution in [0.25, 0.3) is 10.9 Å². The highest BCUT2D eigenvalue weighted by Crippen LogP contribution is 2.33. The summed E-state index contributed by atoms with van der Waals surface area (Å²) in [5.74, 6) is 1.33. The number of hydrogen-bond donors (Lipinski definition) is 5. The highest BCUT2D eigenvalue weighted by atomic mass is 17.2. The fourth-order valence-electron chi connectivity index (χ4n) is 4.63. The molecule has 3 heterocycles. The molecule has 1 saturated heterocycles. The molecule has 1 aromatic heterocycles. The standard InChI is InChI=1S/C25H30N2O8/c1-2-13-10-17-21(16(26-27-17)5-3-14-4-6-18-15(9-14)7-8-32-18)19(11-13)34-35-24-23(30)22(29)20(12-28)33-25(24)31/h4,6,9-11,20,22-25,28-31H,2-3,5,7-8,12H2,1H3,(H,26,27)/t20-,22-,23+,24-,25?/m1/s1. The van der Waals surface area contributed by atoms with Gasteiger partial charge in [0.25, 0.3) is 0 Å². The smallest absolute Gasteiger partial charge is 0.188 e. The average molecular weight is 487 g/mol. The number of nitrogens with one attached hydrogen (secondary N) is 1. The molecule has 5 atom stereocenters. The van der Waals surface area contributed by atoms with Crippen molar-refractivity contribution in [1.29, 1.82) is 0 Å². The minimum atomic E-state index is -1.59. The van der Waals surface area contributed by atoms with Crippen LogP contribution in [0.4, 0.5) is 0 Å². The van der Waals surface area contributed by atoms with Gasteiger partial charge in [0.2, 0.25) is 0 Å². The van der Waals surface area contributed by atoms with E-state index in [1.807, 2.05) is 25.1 Å². The van der Waals surface area contributed by atoms with Crippen molar-refractivity contribution in [2.75, 3.05) is 13.2 Å². The first kappa shape index (κ1) is 24.0. The number of ether oxygens (including phenoxy) is 2. The molecule has 10 nitrogen and oxygen atoms in total. The highest BCUT2D eigenvalue weighted by Gasteiger charge is 2.45. The number of aromatic nitrogens is 2. The lowest BCUT2D eigenvalue weighted by Gasteiger charge is -2.38. The summed E-state index contributed by atoms with van der Waals surface area (Å²) in [5, 5.41) is 48.2. The van der Waals surface area contributed by atoms with Gasteiger partial charge in [0.1, 0.15) is 24.1 Å². The third kappa shape index (κ3) is 4.73. The zero-order valence-corrected chi connectivity index (χ0v) is 19.4. The number of aliphatic hydroxyl groups is 4. The third-order valence-electron chi connectivity index (χ3n) is 6.67. The molecule has 10 heteroatoms. The number of hydrogen-bond acceptors (Lipinski definition) is 9. The maximum absolute atomic E-state index is 10.4. The van der Waals surface area contributed by atoms with Gasteiger partial charge in [-0.15, -0.1) is 0 Å². The largest absolute Gasteiger partial charge is 0.493 e. The van der Waals surface area contributed by atoms with Crippen LogP contribution in [0.5, 0.6) is 11.5 Å². The molecule has 5 rings (SSSR count). The van der Waals surface area contributed by atoms with Gasteiger partial charge in [-0.2, -0.15) is 9.99 Å². The van der Waals surface area contributed by atoms with E-state index in [4.69, 9.17) is 19.2 Å². The molecule has 0 saturated carbocycles. The van der Waals surface area contributed by atoms with Crippen molar-refractivity contribution in [2.45, 2.75) is 63.3 Å². The molecule has 0 aliphatic carbocycles. The Morgan fingerprint density at radius 3 is 2.74 bits per heavy atom. The number of benzene rings is 2. The zero-order valence-electron chi connectivity index (χ0n) is 19.4. The number of rotatable bonds is 8. The molecule has 1 unspecified atom stereocenters. The number of fused-ring (bicyclic) bond motifs is 2. The molecule has 0 amide bonds. The van der Waals surface area contributed by atoms with Crippen LogP contribution in [0.15, 0.2) is 30.3 Å². The van der Waals surface area contributed by atoms with Crippen molar-refractivity contribution < 1.29 is 39.7 Å². The second-order valence-corrected chi connectivity index (χ2v) is 8.96. The molecule has 35 heavy (non-hydrogen) atoms. The molecule has 3 aromatic rings. The molecule has 5 N–H and O–H groups in total. The van der Waals surface area contributed by atoms with Gasteiger partial charge in [0.05, 0.1) is 24.1 Å². The predicted octanol–water partition coefficient (Wildman–Crippen LogP) is 0.956. The maximum Gasteiger partial charge on any atom is 0.188 e. The quantitative estimate of drug-likeness (QED) is 0.232. The number of aliphatic hydroxyl groups excluding tert-OH is 4. The monoisotopic (exact) mass is 486 g/mol. The van der Waals surface area contributed by atoms with Gasteiger partial charge in [0, 0.05) is 12.1 Å². The molecule has 2 aliphatic rings. The third-order valence-corrected chi connectivity index (χ3v) is 6.67. The summed E-state index contributed by atoms with van der Waals surface area (Å²) in [7, 11) is 0. The number of aromatic amines is 1. The Labute approximate surface area is 201 Å². The van der Waals surface area contributed by atoms with Gasteiger partial charge >= 0.3 is 0 Å². The highest BCUT2D eigenvalue weighted by molar-refractivity contribution is 5.88. The molecule has 0 bridgehead atoms. The van der Waals surface area contributed by atoms with Crippen LogP contribution in [0.3, 0.4) is 0 Å². The van der Waals surface area contributed by atoms with Crippen LogP contribution in [0.2, 0.25) is 0 Å². The summed E-state index contributed by atoms with van der Waals surface area (Å²) in [4.78, 5) is 11.0. The Balaban J connectivity index is 1.36. The lowest BCUT2D eigenvalue weighted by atomic mass is 9.99. The SMILES string of the molecule is CCc1cc(OO[C@H]2C(O)O[C@H](CO)[C@@H](O)[C@@H]2O)c2c(CCc3ccc4c(c3)CCO4)[nH]nc2c1. The fraction of sp³-hybridized carbons (Fsp3) is 0.480. The first-order valence-electron chi connectivity index (χ1n) is 11.9. The van der Waals surface area contributed by atoms with Crippen LogP contribution in [0.1, 0.15) is 29.3 Å². The van der Waals surface area contributed by atoms with E-state index in [9.17, 15) is 20.4 Å². The van der Waals surface area contributed by atoms with E-state index in [-0.39, 0.29) is 0 Å². The van der Waals surface area contributed by atoms with Gasteiger partial charge in [-0.05, 0) is 54.2 Å². The zero-order chi connectivity index (χ0) is 24.5. The first-order chi connectivity index (χ1) is 17.0. The summed E-state index contributed by atoms with van der Waals surface area (Å²) in [6.45, 7) is 2.17. The number of H-pyrrole nitrogens is 1. The van der Waals surface area contributed by atoms with Crippen LogP contribution in [-0.4, -0.2) is 74.5 Å². The van der Waals surface area contributed by atoms with Crippen LogP contribution >= 0.6 is 0 Å². The summed E-state index contributed by atoms with van der Waals surface area (Å²) in [6, 6.07) is 10.0. The van der Waals surface area contributed by atoms with Crippen LogP contribution in [-0.2, 0) is 35.3 Å². The molecule has 2 aromatic carbocycles. The molecular formula is C25H30N2O8. The van der Waals surface area contributed by atoms with E-state index in [0.29, 0.717) is 17.7 Å². The molecule has 2 aliphatic heterocycles. The van der Waals surface area contributed by atoms with Crippen molar-refractivity contribution in [3.05, 3.63) is 52.7 Å². The Bertz CT molecular complexity index is 1180. The number of aryl methyl sites for hydroxylation is 3. The van der Waals surface area contributed by atoms with Crippen molar-refractivity contribution >= 4 is 10.9 Å². The van der Waals surface area contributed by atoms with E-state index >= 15 is 0 Å². The first-order valence-corrected chi connectivity index (χ1v) is 11.9. The minimum absolute atomic E-state index is 0.378. The minimum Gasteiger partial charge on any atom is -0.493 e. The second-order valence-electron chi connectivity index (χ2n) is 8.96. The Kier molecular flexibility index (Phi) is 6.92. The van der Waals surface area contributed by atoms with Gasteiger partial charge in [-0.3, -0.25) is 5.10 Å². The lowest BCUT2D eigenvalue weighted by Crippen LogP contribution is -2.59. The Morgan fingerprint density at radius 2 is 1.94 bits per heavy atom. The Morgan fingerprint density at radius 1 is 1.09 bits per heavy atom. The molecular weight excluding hydrogens is 456 g/mol. The van der Waals surface area contributed by atoms with E-state index in [1.54, 1.807) is 0 Å². The lowest BCUT2D eigenvalue weighted by molar-refractivity contribution is -0.364. The van der Waals surface area contributed by atoms with Crippen molar-refractivity contribution in [1.82, 2.24) is 10.2 Å². The van der Waals surface area contributed by atoms with E-state index in [2.05, 4.69) is 22.3 Å². The van der Waals surface area contributed by atoms with E-state index in [0.717, 1.165) is 48.3 Å². The summed E-state index contributed by atoms with van der Waals surface area (Å²) >= 11 is 0. The van der Waals surface area contributed by atoms with Crippen LogP contribution < -0.4 is 9.62 Å². The van der Waals surface area contributed by atoms with Crippen molar-refractivity contribution in [3.63, 3.8) is 0 Å². The Hall–Kier alpha value is -2.73. The van der Waals surface area contributed by atoms with Gasteiger partial charge < -0.3 is 34.8 Å². The maximum atomic E-state index is 10.4. The molecule has 0 radical (unpaired) electrons. The molecule has 0 spiro atoms. The van der Waals surface area contributed by atoms with Gasteiger partial charge in [0.15, 0.2) is 18.1 Å². The second kappa shape index (κ2) is 10.1. The summed E-state index contributed by atoms with van der Waals surface area (Å²) in [6.07, 6.45) is -3.95. The van der Waals surface area contributed by atoms with E-state index < -0.39 is 37.3 Å². The van der Waals surface area contributed by atoms with Crippen molar-refractivity contribution in [2.24, 2.45) is 0 Å². The number of nitrogens with zero attached hydrogens (tertiary/aromatic N) is 1. The van der Waals surface area contributed by atoms with Crippen molar-refractivity contribution in [3.8, 4) is 11.5 Å². The van der Waals surface area contributed by atoms with Crippen LogP contribution in [0, 0.1) is 0 Å². The average Bonchev–Trinajstić information content (AvgIpc) is 3.51. The summed E-state index contributed by atoms with van der Waals surface area (Å²) < 4.78 is 10.7. The van der Waals surface area contributed by atoms with E-state index in [1.165, 1.54) is 11.1 Å². The topological polar surface area (TPSA) is 147 Å². The fourth-order valence-corrected chi connectivity index (χ4v) is 4.63. The molecule has 1 fully saturated rings. The molecule has 188 valence electrons.